The Labute approximate surface area is 183 Å². The average Bonchev–Trinajstić information content (AvgIpc) is 3.38. The second-order valence-electron chi connectivity index (χ2n) is 7.00. The number of hydrogen-bond acceptors (Lipinski definition) is 5. The van der Waals surface area contributed by atoms with Gasteiger partial charge in [-0.15, -0.1) is 15.7 Å². The summed E-state index contributed by atoms with van der Waals surface area (Å²) in [6, 6.07) is 12.0. The molecule has 1 amide bonds. The van der Waals surface area contributed by atoms with Crippen molar-refractivity contribution in [3.63, 3.8) is 0 Å². The monoisotopic (exact) mass is 458 g/mol. The molecule has 1 N–H and O–H groups in total. The molecule has 0 bridgehead atoms. The number of nitrogens with zero attached hydrogens (tertiary/aromatic N) is 3. The number of likely N-dealkylation sites (tertiary alicyclic amines) is 1. The van der Waals surface area contributed by atoms with Gasteiger partial charge in [-0.3, -0.25) is 4.79 Å². The number of benzene rings is 2. The molecule has 7 nitrogen and oxygen atoms in total. The molecule has 1 aliphatic rings. The van der Waals surface area contributed by atoms with E-state index in [2.05, 4.69) is 14.7 Å². The molecule has 1 aliphatic heterocycles. The van der Waals surface area contributed by atoms with Crippen molar-refractivity contribution < 1.29 is 17.6 Å². The highest BCUT2D eigenvalue weighted by Gasteiger charge is 2.20. The maximum Gasteiger partial charge on any atom is 0.283 e. The summed E-state index contributed by atoms with van der Waals surface area (Å²) in [5.74, 6) is -0.332. The standard InChI is InChI=1S/C21H19FN4O3S2/c1-26-12-4-7-19(26)25-31(28,29)15-10-8-14(9-11-15)23-20(27)18-13-30-21(24-18)16-5-2-3-6-17(16)22/h2-3,5-6,8-11,13H,4,7,12H2,1H3,(H,23,27)/b25-19+. The van der Waals surface area contributed by atoms with Crippen molar-refractivity contribution in [1.29, 1.82) is 0 Å². The van der Waals surface area contributed by atoms with Gasteiger partial charge in [-0.1, -0.05) is 12.1 Å². The van der Waals surface area contributed by atoms with Crippen LogP contribution in [0.25, 0.3) is 10.6 Å². The van der Waals surface area contributed by atoms with Crippen LogP contribution >= 0.6 is 11.3 Å². The molecular formula is C21H19FN4O3S2. The van der Waals surface area contributed by atoms with Crippen LogP contribution in [0, 0.1) is 5.82 Å². The summed E-state index contributed by atoms with van der Waals surface area (Å²) in [7, 11) is -2.00. The van der Waals surface area contributed by atoms with Gasteiger partial charge in [0.05, 0.1) is 4.90 Å². The van der Waals surface area contributed by atoms with Crippen LogP contribution in [0.4, 0.5) is 10.1 Å². The van der Waals surface area contributed by atoms with Crippen molar-refractivity contribution in [3.05, 3.63) is 65.4 Å². The van der Waals surface area contributed by atoms with Gasteiger partial charge >= 0.3 is 0 Å². The normalized spacial score (nSPS) is 15.4. The lowest BCUT2D eigenvalue weighted by Crippen LogP contribution is -2.20. The molecule has 0 unspecified atom stereocenters. The summed E-state index contributed by atoms with van der Waals surface area (Å²) in [6.45, 7) is 0.786. The van der Waals surface area contributed by atoms with Crippen LogP contribution in [-0.2, 0) is 10.0 Å². The van der Waals surface area contributed by atoms with E-state index in [1.807, 2.05) is 11.9 Å². The summed E-state index contributed by atoms with van der Waals surface area (Å²) in [6.07, 6.45) is 1.51. The molecule has 31 heavy (non-hydrogen) atoms. The predicted molar refractivity (Wildman–Crippen MR) is 118 cm³/mol. The summed E-state index contributed by atoms with van der Waals surface area (Å²) in [5.41, 5.74) is 0.890. The number of carbonyl (C=O) groups excluding carboxylic acids is 1. The van der Waals surface area contributed by atoms with Gasteiger partial charge in [0.2, 0.25) is 0 Å². The SMILES string of the molecule is CN1CCC/C1=N\S(=O)(=O)c1ccc(NC(=O)c2csc(-c3ccccc3F)n2)cc1. The highest BCUT2D eigenvalue weighted by Crippen LogP contribution is 2.26. The zero-order valence-electron chi connectivity index (χ0n) is 16.6. The lowest BCUT2D eigenvalue weighted by Gasteiger charge is -2.11. The van der Waals surface area contributed by atoms with Gasteiger partial charge in [0.1, 0.15) is 22.4 Å². The van der Waals surface area contributed by atoms with Gasteiger partial charge in [0, 0.05) is 36.6 Å². The minimum Gasteiger partial charge on any atom is -0.362 e. The van der Waals surface area contributed by atoms with Crippen molar-refractivity contribution in [1.82, 2.24) is 9.88 Å². The van der Waals surface area contributed by atoms with E-state index in [1.54, 1.807) is 23.6 Å². The smallest absolute Gasteiger partial charge is 0.283 e. The third-order valence-corrected chi connectivity index (χ3v) is 7.01. The second kappa shape index (κ2) is 8.56. The molecule has 3 aromatic rings. The van der Waals surface area contributed by atoms with Crippen molar-refractivity contribution in [2.75, 3.05) is 18.9 Å². The number of rotatable bonds is 5. The number of carbonyl (C=O) groups is 1. The molecule has 160 valence electrons. The molecular weight excluding hydrogens is 439 g/mol. The van der Waals surface area contributed by atoms with E-state index < -0.39 is 21.7 Å². The molecule has 1 aromatic heterocycles. The molecule has 10 heteroatoms. The molecule has 0 atom stereocenters. The summed E-state index contributed by atoms with van der Waals surface area (Å²) in [5, 5.41) is 4.62. The van der Waals surface area contributed by atoms with Gasteiger partial charge in [0.15, 0.2) is 0 Å². The molecule has 1 saturated heterocycles. The number of sulfonamides is 1. The minimum atomic E-state index is -3.82. The van der Waals surface area contributed by atoms with Crippen LogP contribution in [0.5, 0.6) is 0 Å². The Kier molecular flexibility index (Phi) is 5.84. The van der Waals surface area contributed by atoms with Crippen molar-refractivity contribution in [3.8, 4) is 10.6 Å². The number of hydrogen-bond donors (Lipinski definition) is 1. The first kappa shape index (κ1) is 21.1. The Hall–Kier alpha value is -3.11. The topological polar surface area (TPSA) is 91.7 Å². The van der Waals surface area contributed by atoms with Crippen LogP contribution < -0.4 is 5.32 Å². The Morgan fingerprint density at radius 1 is 1.19 bits per heavy atom. The Balaban J connectivity index is 1.47. The number of amides is 1. The Morgan fingerprint density at radius 3 is 2.61 bits per heavy atom. The third kappa shape index (κ3) is 4.64. The van der Waals surface area contributed by atoms with E-state index in [9.17, 15) is 17.6 Å². The molecule has 2 heterocycles. The van der Waals surface area contributed by atoms with Gasteiger partial charge < -0.3 is 10.2 Å². The van der Waals surface area contributed by atoms with Crippen LogP contribution in [0.1, 0.15) is 23.3 Å². The highest BCUT2D eigenvalue weighted by atomic mass is 32.2. The quantitative estimate of drug-likeness (QED) is 0.624. The van der Waals surface area contributed by atoms with E-state index in [0.717, 1.165) is 13.0 Å². The fourth-order valence-electron chi connectivity index (χ4n) is 3.14. The van der Waals surface area contributed by atoms with Crippen LogP contribution in [0.3, 0.4) is 0 Å². The molecule has 0 spiro atoms. The first-order valence-electron chi connectivity index (χ1n) is 9.50. The lowest BCUT2D eigenvalue weighted by molar-refractivity contribution is 0.102. The number of nitrogens with one attached hydrogen (secondary N) is 1. The maximum atomic E-state index is 13.9. The third-order valence-electron chi connectivity index (χ3n) is 4.81. The van der Waals surface area contributed by atoms with E-state index in [-0.39, 0.29) is 10.6 Å². The van der Waals surface area contributed by atoms with Crippen LogP contribution in [-0.4, -0.2) is 43.6 Å². The summed E-state index contributed by atoms with van der Waals surface area (Å²) >= 11 is 1.17. The molecule has 4 rings (SSSR count). The zero-order chi connectivity index (χ0) is 22.0. The largest absolute Gasteiger partial charge is 0.362 e. The first-order valence-corrected chi connectivity index (χ1v) is 11.8. The van der Waals surface area contributed by atoms with Crippen LogP contribution in [0.2, 0.25) is 0 Å². The van der Waals surface area contributed by atoms with Crippen molar-refractivity contribution in [2.45, 2.75) is 17.7 Å². The van der Waals surface area contributed by atoms with Gasteiger partial charge in [-0.05, 0) is 42.8 Å². The average molecular weight is 459 g/mol. The van der Waals surface area contributed by atoms with Crippen molar-refractivity contribution in [2.24, 2.45) is 4.40 Å². The van der Waals surface area contributed by atoms with Crippen LogP contribution in [0.15, 0.2) is 63.2 Å². The second-order valence-corrected chi connectivity index (χ2v) is 9.47. The highest BCUT2D eigenvalue weighted by molar-refractivity contribution is 7.90. The Bertz CT molecular complexity index is 1250. The number of aromatic nitrogens is 1. The fourth-order valence-corrected chi connectivity index (χ4v) is 5.06. The fraction of sp³-hybridized carbons (Fsp3) is 0.190. The molecule has 2 aromatic carbocycles. The lowest BCUT2D eigenvalue weighted by atomic mass is 10.2. The minimum absolute atomic E-state index is 0.0498. The summed E-state index contributed by atoms with van der Waals surface area (Å²) < 4.78 is 42.9. The zero-order valence-corrected chi connectivity index (χ0v) is 18.2. The van der Waals surface area contributed by atoms with E-state index in [4.69, 9.17) is 0 Å². The van der Waals surface area contributed by atoms with E-state index in [1.165, 1.54) is 41.7 Å². The first-order chi connectivity index (χ1) is 14.8. The molecule has 0 radical (unpaired) electrons. The number of amidine groups is 1. The molecule has 1 fully saturated rings. The molecule has 0 aliphatic carbocycles. The molecule has 0 saturated carbocycles. The Morgan fingerprint density at radius 2 is 1.94 bits per heavy atom. The number of thiazole rings is 1. The maximum absolute atomic E-state index is 13.9. The van der Waals surface area contributed by atoms with Gasteiger partial charge in [0.25, 0.3) is 15.9 Å². The van der Waals surface area contributed by atoms with Gasteiger partial charge in [-0.2, -0.15) is 8.42 Å². The van der Waals surface area contributed by atoms with E-state index >= 15 is 0 Å². The van der Waals surface area contributed by atoms with Gasteiger partial charge in [-0.25, -0.2) is 9.37 Å². The predicted octanol–water partition coefficient (Wildman–Crippen LogP) is 4.01. The number of halogens is 1. The summed E-state index contributed by atoms with van der Waals surface area (Å²) in [4.78, 5) is 18.6. The van der Waals surface area contributed by atoms with E-state index in [0.29, 0.717) is 28.5 Å². The number of anilines is 1. The van der Waals surface area contributed by atoms with Crippen molar-refractivity contribution >= 4 is 38.8 Å².